The standard InChI is InChI=1S/C17H20N4/c1-12(2)21-16-6-5-13(10-18)8-15(16)20-17(21)9-14-4-3-7-19-11-14/h3-8,11-12H,9-10,18H2,1-2H3. The van der Waals surface area contributed by atoms with Gasteiger partial charge >= 0.3 is 0 Å². The summed E-state index contributed by atoms with van der Waals surface area (Å²) >= 11 is 0. The second-order valence-electron chi connectivity index (χ2n) is 5.56. The van der Waals surface area contributed by atoms with Crippen LogP contribution in [0, 0.1) is 0 Å². The molecule has 2 aromatic heterocycles. The molecule has 2 N–H and O–H groups in total. The number of pyridine rings is 1. The van der Waals surface area contributed by atoms with Crippen molar-refractivity contribution in [2.45, 2.75) is 32.9 Å². The molecule has 0 bridgehead atoms. The molecule has 0 aliphatic heterocycles. The van der Waals surface area contributed by atoms with Crippen LogP contribution in [0.15, 0.2) is 42.7 Å². The second kappa shape index (κ2) is 5.66. The first-order valence-corrected chi connectivity index (χ1v) is 7.27. The minimum Gasteiger partial charge on any atom is -0.326 e. The molecule has 2 heterocycles. The van der Waals surface area contributed by atoms with E-state index in [-0.39, 0.29) is 0 Å². The average Bonchev–Trinajstić information content (AvgIpc) is 2.85. The van der Waals surface area contributed by atoms with Crippen molar-refractivity contribution in [1.82, 2.24) is 14.5 Å². The van der Waals surface area contributed by atoms with Crippen molar-refractivity contribution in [2.75, 3.05) is 0 Å². The summed E-state index contributed by atoms with van der Waals surface area (Å²) in [5.74, 6) is 1.07. The number of hydrogen-bond donors (Lipinski definition) is 1. The molecule has 0 fully saturated rings. The monoisotopic (exact) mass is 280 g/mol. The van der Waals surface area contributed by atoms with Crippen LogP contribution in [0.2, 0.25) is 0 Å². The maximum Gasteiger partial charge on any atom is 0.114 e. The Labute approximate surface area is 124 Å². The van der Waals surface area contributed by atoms with E-state index in [0.717, 1.165) is 23.3 Å². The molecular weight excluding hydrogens is 260 g/mol. The Balaban J connectivity index is 2.10. The minimum atomic E-state index is 0.366. The lowest BCUT2D eigenvalue weighted by atomic mass is 10.2. The van der Waals surface area contributed by atoms with Crippen LogP contribution in [-0.4, -0.2) is 14.5 Å². The fraction of sp³-hybridized carbons (Fsp3) is 0.294. The molecule has 0 saturated heterocycles. The molecule has 0 radical (unpaired) electrons. The van der Waals surface area contributed by atoms with Crippen LogP contribution in [0.5, 0.6) is 0 Å². The third kappa shape index (κ3) is 2.67. The predicted molar refractivity (Wildman–Crippen MR) is 85.1 cm³/mol. The third-order valence-corrected chi connectivity index (χ3v) is 3.66. The van der Waals surface area contributed by atoms with Gasteiger partial charge in [-0.2, -0.15) is 0 Å². The fourth-order valence-corrected chi connectivity index (χ4v) is 2.71. The van der Waals surface area contributed by atoms with E-state index in [1.165, 1.54) is 11.1 Å². The molecule has 0 aliphatic carbocycles. The fourth-order valence-electron chi connectivity index (χ4n) is 2.71. The predicted octanol–water partition coefficient (Wildman–Crippen LogP) is 3.06. The molecule has 0 amide bonds. The number of aromatic nitrogens is 3. The maximum absolute atomic E-state index is 5.73. The Kier molecular flexibility index (Phi) is 3.71. The van der Waals surface area contributed by atoms with Crippen LogP contribution >= 0.6 is 0 Å². The molecule has 108 valence electrons. The van der Waals surface area contributed by atoms with E-state index >= 15 is 0 Å². The summed E-state index contributed by atoms with van der Waals surface area (Å²) < 4.78 is 2.29. The number of imidazole rings is 1. The molecule has 0 saturated carbocycles. The number of benzene rings is 1. The van der Waals surface area contributed by atoms with Gasteiger partial charge in [0.1, 0.15) is 5.82 Å². The lowest BCUT2D eigenvalue weighted by Crippen LogP contribution is -2.07. The first-order valence-electron chi connectivity index (χ1n) is 7.27. The van der Waals surface area contributed by atoms with Gasteiger partial charge in [0.15, 0.2) is 0 Å². The van der Waals surface area contributed by atoms with Gasteiger partial charge in [0.2, 0.25) is 0 Å². The molecule has 0 spiro atoms. The normalized spacial score (nSPS) is 11.4. The molecular formula is C17H20N4. The van der Waals surface area contributed by atoms with Crippen molar-refractivity contribution >= 4 is 11.0 Å². The lowest BCUT2D eigenvalue weighted by molar-refractivity contribution is 0.591. The Morgan fingerprint density at radius 1 is 1.19 bits per heavy atom. The summed E-state index contributed by atoms with van der Waals surface area (Å²) in [4.78, 5) is 9.00. The van der Waals surface area contributed by atoms with Crippen molar-refractivity contribution in [3.63, 3.8) is 0 Å². The van der Waals surface area contributed by atoms with Crippen molar-refractivity contribution < 1.29 is 0 Å². The summed E-state index contributed by atoms with van der Waals surface area (Å²) in [6, 6.07) is 10.7. The van der Waals surface area contributed by atoms with E-state index in [4.69, 9.17) is 10.7 Å². The lowest BCUT2D eigenvalue weighted by Gasteiger charge is -2.13. The summed E-state index contributed by atoms with van der Waals surface area (Å²) in [5, 5.41) is 0. The van der Waals surface area contributed by atoms with E-state index in [1.54, 1.807) is 6.20 Å². The first-order chi connectivity index (χ1) is 10.2. The molecule has 3 aromatic rings. The van der Waals surface area contributed by atoms with Gasteiger partial charge in [-0.15, -0.1) is 0 Å². The van der Waals surface area contributed by atoms with Crippen LogP contribution in [0.3, 0.4) is 0 Å². The largest absolute Gasteiger partial charge is 0.326 e. The number of rotatable bonds is 4. The molecule has 4 heteroatoms. The van der Waals surface area contributed by atoms with Gasteiger partial charge in [-0.3, -0.25) is 4.98 Å². The van der Waals surface area contributed by atoms with Crippen LogP contribution in [-0.2, 0) is 13.0 Å². The Bertz CT molecular complexity index is 744. The van der Waals surface area contributed by atoms with Crippen LogP contribution in [0.25, 0.3) is 11.0 Å². The summed E-state index contributed by atoms with van der Waals surface area (Å²) in [6.07, 6.45) is 4.48. The van der Waals surface area contributed by atoms with Gasteiger partial charge < -0.3 is 10.3 Å². The van der Waals surface area contributed by atoms with Gasteiger partial charge in [0, 0.05) is 31.4 Å². The second-order valence-corrected chi connectivity index (χ2v) is 5.56. The van der Waals surface area contributed by atoms with Crippen LogP contribution < -0.4 is 5.73 Å². The highest BCUT2D eigenvalue weighted by molar-refractivity contribution is 5.77. The quantitative estimate of drug-likeness (QED) is 0.799. The van der Waals surface area contributed by atoms with Gasteiger partial charge in [0.05, 0.1) is 11.0 Å². The zero-order valence-corrected chi connectivity index (χ0v) is 12.5. The van der Waals surface area contributed by atoms with Crippen molar-refractivity contribution in [2.24, 2.45) is 5.73 Å². The highest BCUT2D eigenvalue weighted by Crippen LogP contribution is 2.23. The van der Waals surface area contributed by atoms with Crippen molar-refractivity contribution in [3.8, 4) is 0 Å². The van der Waals surface area contributed by atoms with E-state index in [9.17, 15) is 0 Å². The van der Waals surface area contributed by atoms with Gasteiger partial charge in [-0.05, 0) is 43.2 Å². The molecule has 21 heavy (non-hydrogen) atoms. The highest BCUT2D eigenvalue weighted by Gasteiger charge is 2.14. The number of hydrogen-bond acceptors (Lipinski definition) is 3. The summed E-state index contributed by atoms with van der Waals surface area (Å²) in [7, 11) is 0. The minimum absolute atomic E-state index is 0.366. The van der Waals surface area contributed by atoms with Crippen LogP contribution in [0.1, 0.15) is 36.8 Å². The molecule has 0 atom stereocenters. The maximum atomic E-state index is 5.73. The highest BCUT2D eigenvalue weighted by atomic mass is 15.1. The van der Waals surface area contributed by atoms with E-state index in [1.807, 2.05) is 12.3 Å². The smallest absolute Gasteiger partial charge is 0.114 e. The van der Waals surface area contributed by atoms with Crippen molar-refractivity contribution in [1.29, 1.82) is 0 Å². The SMILES string of the molecule is CC(C)n1c(Cc2cccnc2)nc2cc(CN)ccc21. The van der Waals surface area contributed by atoms with Crippen LogP contribution in [0.4, 0.5) is 0 Å². The molecule has 4 nitrogen and oxygen atoms in total. The van der Waals surface area contributed by atoms with Gasteiger partial charge in [-0.25, -0.2) is 4.98 Å². The average molecular weight is 280 g/mol. The first kappa shape index (κ1) is 13.8. The van der Waals surface area contributed by atoms with Gasteiger partial charge in [-0.1, -0.05) is 12.1 Å². The Hall–Kier alpha value is -2.20. The molecule has 0 aliphatic rings. The Morgan fingerprint density at radius 2 is 2.05 bits per heavy atom. The zero-order valence-electron chi connectivity index (χ0n) is 12.5. The Morgan fingerprint density at radius 3 is 2.71 bits per heavy atom. The van der Waals surface area contributed by atoms with E-state index in [0.29, 0.717) is 12.6 Å². The number of fused-ring (bicyclic) bond motifs is 1. The molecule has 0 unspecified atom stereocenters. The van der Waals surface area contributed by atoms with E-state index in [2.05, 4.69) is 47.7 Å². The third-order valence-electron chi connectivity index (χ3n) is 3.66. The molecule has 1 aromatic carbocycles. The zero-order chi connectivity index (χ0) is 14.8. The van der Waals surface area contributed by atoms with E-state index < -0.39 is 0 Å². The number of nitrogens with two attached hydrogens (primary N) is 1. The van der Waals surface area contributed by atoms with Gasteiger partial charge in [0.25, 0.3) is 0 Å². The topological polar surface area (TPSA) is 56.7 Å². The summed E-state index contributed by atoms with van der Waals surface area (Å²) in [6.45, 7) is 4.91. The summed E-state index contributed by atoms with van der Waals surface area (Å²) in [5.41, 5.74) is 10.2. The van der Waals surface area contributed by atoms with Crippen molar-refractivity contribution in [3.05, 3.63) is 59.7 Å². The number of nitrogens with zero attached hydrogens (tertiary/aromatic N) is 3. The molecule has 3 rings (SSSR count).